The van der Waals surface area contributed by atoms with Crippen LogP contribution >= 0.6 is 0 Å². The molecule has 0 bridgehead atoms. The summed E-state index contributed by atoms with van der Waals surface area (Å²) in [4.78, 5) is 13.3. The standard InChI is InChI=1S/C21H21F3N4O/c1-2-20(12-5-3-6-13(9-12)21(22,23)24)14-11-25-28-17(14)26-15-10-19(7-4-8-19)27-18(29)16(15)20/h3,5-6,9,11,17,26H,2,4,7-8,10H2,1H3,(H,27,29)/t17?,20-/m0/s1. The Morgan fingerprint density at radius 1 is 1.28 bits per heavy atom. The van der Waals surface area contributed by atoms with Gasteiger partial charge in [-0.15, -0.1) is 0 Å². The Labute approximate surface area is 166 Å². The van der Waals surface area contributed by atoms with Crippen molar-refractivity contribution < 1.29 is 18.0 Å². The number of nitrogens with zero attached hydrogens (tertiary/aromatic N) is 2. The van der Waals surface area contributed by atoms with Gasteiger partial charge in [-0.2, -0.15) is 23.4 Å². The molecule has 8 heteroatoms. The number of halogens is 3. The van der Waals surface area contributed by atoms with Crippen molar-refractivity contribution in [3.05, 3.63) is 58.4 Å². The first-order valence-corrected chi connectivity index (χ1v) is 9.90. The van der Waals surface area contributed by atoms with Crippen LogP contribution in [0.15, 0.2) is 57.5 Å². The molecule has 1 spiro atoms. The third kappa shape index (κ3) is 2.50. The minimum absolute atomic E-state index is 0.205. The van der Waals surface area contributed by atoms with Crippen LogP contribution in [0, 0.1) is 0 Å². The number of benzene rings is 1. The van der Waals surface area contributed by atoms with Gasteiger partial charge in [-0.1, -0.05) is 25.1 Å². The van der Waals surface area contributed by atoms with E-state index in [-0.39, 0.29) is 11.4 Å². The molecule has 5 rings (SSSR count). The van der Waals surface area contributed by atoms with E-state index in [0.717, 1.165) is 42.7 Å². The number of amides is 1. The van der Waals surface area contributed by atoms with Gasteiger partial charge in [0.05, 0.1) is 22.8 Å². The maximum Gasteiger partial charge on any atom is 0.416 e. The average molecular weight is 402 g/mol. The minimum atomic E-state index is -4.46. The maximum atomic E-state index is 13.4. The lowest BCUT2D eigenvalue weighted by Gasteiger charge is -2.52. The van der Waals surface area contributed by atoms with Gasteiger partial charge in [0.25, 0.3) is 5.91 Å². The SMILES string of the molecule is CC[C@]1(c2cccc(C(F)(F)F)c2)C2=CN=NC2NC2=C1C(=O)NC1(CCC1)C2. The van der Waals surface area contributed by atoms with Gasteiger partial charge in [-0.25, -0.2) is 0 Å². The molecule has 0 aromatic heterocycles. The molecule has 2 atom stereocenters. The van der Waals surface area contributed by atoms with Gasteiger partial charge in [0.2, 0.25) is 0 Å². The lowest BCUT2D eigenvalue weighted by atomic mass is 9.60. The molecular formula is C21H21F3N4O. The number of azo groups is 1. The van der Waals surface area contributed by atoms with Crippen LogP contribution in [-0.4, -0.2) is 17.6 Å². The Hall–Kier alpha value is -2.64. The van der Waals surface area contributed by atoms with Crippen LogP contribution < -0.4 is 10.6 Å². The summed E-state index contributed by atoms with van der Waals surface area (Å²) in [5.41, 5.74) is 0.505. The molecule has 1 aliphatic carbocycles. The number of rotatable bonds is 2. The summed E-state index contributed by atoms with van der Waals surface area (Å²) in [5, 5.41) is 14.8. The third-order valence-electron chi connectivity index (χ3n) is 6.85. The van der Waals surface area contributed by atoms with Crippen molar-refractivity contribution in [2.45, 2.75) is 62.3 Å². The maximum absolute atomic E-state index is 13.4. The molecule has 29 heavy (non-hydrogen) atoms. The van der Waals surface area contributed by atoms with Crippen LogP contribution in [0.2, 0.25) is 0 Å². The second-order valence-corrected chi connectivity index (χ2v) is 8.32. The van der Waals surface area contributed by atoms with E-state index in [2.05, 4.69) is 20.9 Å². The van der Waals surface area contributed by atoms with E-state index in [0.29, 0.717) is 24.0 Å². The molecule has 1 fully saturated rings. The zero-order chi connectivity index (χ0) is 20.4. The number of hydrogen-bond acceptors (Lipinski definition) is 4. The summed E-state index contributed by atoms with van der Waals surface area (Å²) in [6, 6.07) is 5.30. The highest BCUT2D eigenvalue weighted by atomic mass is 19.4. The van der Waals surface area contributed by atoms with Crippen molar-refractivity contribution in [3.8, 4) is 0 Å². The molecule has 3 aliphatic heterocycles. The fraction of sp³-hybridized carbons (Fsp3) is 0.476. The van der Waals surface area contributed by atoms with Gasteiger partial charge in [-0.05, 0) is 37.3 Å². The van der Waals surface area contributed by atoms with E-state index in [4.69, 9.17) is 0 Å². The molecule has 1 saturated carbocycles. The predicted octanol–water partition coefficient (Wildman–Crippen LogP) is 4.33. The number of nitrogens with one attached hydrogen (secondary N) is 2. The highest BCUT2D eigenvalue weighted by Crippen LogP contribution is 2.53. The predicted molar refractivity (Wildman–Crippen MR) is 99.6 cm³/mol. The topological polar surface area (TPSA) is 65.8 Å². The Balaban J connectivity index is 1.73. The average Bonchev–Trinajstić information content (AvgIpc) is 3.13. The Bertz CT molecular complexity index is 990. The number of alkyl halides is 3. The molecule has 0 radical (unpaired) electrons. The fourth-order valence-corrected chi connectivity index (χ4v) is 5.30. The fourth-order valence-electron chi connectivity index (χ4n) is 5.30. The van der Waals surface area contributed by atoms with Crippen LogP contribution in [0.3, 0.4) is 0 Å². The molecule has 1 aromatic rings. The van der Waals surface area contributed by atoms with E-state index in [1.165, 1.54) is 6.07 Å². The molecule has 1 amide bonds. The van der Waals surface area contributed by atoms with Crippen molar-refractivity contribution in [1.82, 2.24) is 10.6 Å². The number of carbonyl (C=O) groups is 1. The van der Waals surface area contributed by atoms with Crippen molar-refractivity contribution in [3.63, 3.8) is 0 Å². The second kappa shape index (κ2) is 5.93. The minimum Gasteiger partial charge on any atom is -0.362 e. The number of fused-ring (bicyclic) bond motifs is 1. The molecular weight excluding hydrogens is 381 g/mol. The first-order valence-electron chi connectivity index (χ1n) is 9.90. The zero-order valence-electron chi connectivity index (χ0n) is 15.9. The molecule has 5 nitrogen and oxygen atoms in total. The summed E-state index contributed by atoms with van der Waals surface area (Å²) in [5.74, 6) is -0.205. The first kappa shape index (κ1) is 18.4. The summed E-state index contributed by atoms with van der Waals surface area (Å²) >= 11 is 0. The summed E-state index contributed by atoms with van der Waals surface area (Å²) in [6.07, 6.45) is 0.639. The highest BCUT2D eigenvalue weighted by Gasteiger charge is 2.55. The smallest absolute Gasteiger partial charge is 0.362 e. The first-order chi connectivity index (χ1) is 13.8. The molecule has 152 valence electrons. The summed E-state index contributed by atoms with van der Waals surface area (Å²) in [7, 11) is 0. The van der Waals surface area contributed by atoms with Crippen molar-refractivity contribution in [2.75, 3.05) is 0 Å². The molecule has 4 aliphatic rings. The molecule has 2 N–H and O–H groups in total. The van der Waals surface area contributed by atoms with E-state index < -0.39 is 23.3 Å². The van der Waals surface area contributed by atoms with Gasteiger partial charge in [-0.3, -0.25) is 4.79 Å². The van der Waals surface area contributed by atoms with E-state index in [9.17, 15) is 18.0 Å². The van der Waals surface area contributed by atoms with Gasteiger partial charge < -0.3 is 10.6 Å². The van der Waals surface area contributed by atoms with Gasteiger partial charge in [0, 0.05) is 23.2 Å². The van der Waals surface area contributed by atoms with E-state index in [1.807, 2.05) is 6.92 Å². The largest absolute Gasteiger partial charge is 0.416 e. The number of hydrogen-bond donors (Lipinski definition) is 2. The molecule has 0 saturated heterocycles. The van der Waals surface area contributed by atoms with Crippen molar-refractivity contribution in [2.24, 2.45) is 10.2 Å². The van der Waals surface area contributed by atoms with Crippen LogP contribution in [0.4, 0.5) is 13.2 Å². The molecule has 1 aromatic carbocycles. The Kier molecular flexibility index (Phi) is 3.76. The van der Waals surface area contributed by atoms with Crippen molar-refractivity contribution >= 4 is 5.91 Å². The van der Waals surface area contributed by atoms with Crippen LogP contribution in [0.25, 0.3) is 0 Å². The highest BCUT2D eigenvalue weighted by molar-refractivity contribution is 6.00. The summed E-state index contributed by atoms with van der Waals surface area (Å²) < 4.78 is 40.3. The Morgan fingerprint density at radius 2 is 2.07 bits per heavy atom. The van der Waals surface area contributed by atoms with Crippen LogP contribution in [0.5, 0.6) is 0 Å². The van der Waals surface area contributed by atoms with Gasteiger partial charge in [0.15, 0.2) is 6.17 Å². The third-order valence-corrected chi connectivity index (χ3v) is 6.85. The van der Waals surface area contributed by atoms with Crippen molar-refractivity contribution in [1.29, 1.82) is 0 Å². The lowest BCUT2D eigenvalue weighted by Crippen LogP contribution is -2.62. The molecule has 1 unspecified atom stereocenters. The van der Waals surface area contributed by atoms with E-state index in [1.54, 1.807) is 12.3 Å². The van der Waals surface area contributed by atoms with Gasteiger partial charge in [0.1, 0.15) is 0 Å². The lowest BCUT2D eigenvalue weighted by molar-refractivity contribution is -0.137. The van der Waals surface area contributed by atoms with Crippen LogP contribution in [-0.2, 0) is 16.4 Å². The zero-order valence-corrected chi connectivity index (χ0v) is 15.9. The van der Waals surface area contributed by atoms with Crippen LogP contribution in [0.1, 0.15) is 50.2 Å². The second-order valence-electron chi connectivity index (χ2n) is 8.32. The normalized spacial score (nSPS) is 29.6. The van der Waals surface area contributed by atoms with E-state index >= 15 is 0 Å². The quantitative estimate of drug-likeness (QED) is 0.773. The monoisotopic (exact) mass is 402 g/mol. The summed E-state index contributed by atoms with van der Waals surface area (Å²) in [6.45, 7) is 1.90. The number of carbonyl (C=O) groups excluding carboxylic acids is 1. The Morgan fingerprint density at radius 3 is 2.72 bits per heavy atom. The molecule has 3 heterocycles. The van der Waals surface area contributed by atoms with Gasteiger partial charge >= 0.3 is 6.18 Å².